The summed E-state index contributed by atoms with van der Waals surface area (Å²) in [5.74, 6) is -2.09. The molecule has 2 heterocycles. The molecule has 3 rings (SSSR count). The molecule has 8 nitrogen and oxygen atoms in total. The minimum absolute atomic E-state index is 0.0329. The summed E-state index contributed by atoms with van der Waals surface area (Å²) in [7, 11) is 0. The molecule has 1 aliphatic heterocycles. The van der Waals surface area contributed by atoms with Crippen molar-refractivity contribution in [1.82, 2.24) is 9.88 Å². The van der Waals surface area contributed by atoms with E-state index in [0.29, 0.717) is 10.7 Å². The molecule has 3 amide bonds. The molecular weight excluding hydrogens is 421 g/mol. The number of aryl methyl sites for hydroxylation is 1. The lowest BCUT2D eigenvalue weighted by Gasteiger charge is -2.19. The van der Waals surface area contributed by atoms with E-state index in [4.69, 9.17) is 27.9 Å². The molecule has 2 fully saturated rings. The number of anilines is 1. The molecule has 1 aliphatic carbocycles. The maximum Gasteiger partial charge on any atom is 0.308 e. The average Bonchev–Trinajstić information content (AvgIpc) is 2.93. The monoisotopic (exact) mass is 441 g/mol. The van der Waals surface area contributed by atoms with Crippen molar-refractivity contribution in [3.05, 3.63) is 21.8 Å². The summed E-state index contributed by atoms with van der Waals surface area (Å²) in [6, 6.07) is 1.45. The van der Waals surface area contributed by atoms with Crippen molar-refractivity contribution in [1.29, 1.82) is 0 Å². The number of carbonyl (C=O) groups is 4. The Kier molecular flexibility index (Phi) is 6.74. The zero-order chi connectivity index (χ0) is 21.1. The predicted octanol–water partition coefficient (Wildman–Crippen LogP) is 2.74. The van der Waals surface area contributed by atoms with Gasteiger partial charge in [-0.15, -0.1) is 0 Å². The molecule has 0 aromatic carbocycles. The number of imide groups is 1. The molecule has 2 aliphatic rings. The smallest absolute Gasteiger partial charge is 0.308 e. The van der Waals surface area contributed by atoms with Crippen molar-refractivity contribution >= 4 is 52.7 Å². The minimum atomic E-state index is -0.679. The third-order valence-electron chi connectivity index (χ3n) is 5.20. The fraction of sp³-hybridized carbons (Fsp3) is 0.526. The van der Waals surface area contributed by atoms with Gasteiger partial charge in [0.05, 0.1) is 34.0 Å². The highest BCUT2D eigenvalue weighted by molar-refractivity contribution is 6.36. The van der Waals surface area contributed by atoms with E-state index < -0.39 is 18.5 Å². The molecule has 1 aromatic rings. The van der Waals surface area contributed by atoms with Gasteiger partial charge in [-0.05, 0) is 25.8 Å². The molecule has 156 valence electrons. The number of fused-ring (bicyclic) bond motifs is 1. The molecule has 0 radical (unpaired) electrons. The van der Waals surface area contributed by atoms with Crippen molar-refractivity contribution in [3.8, 4) is 0 Å². The van der Waals surface area contributed by atoms with E-state index in [1.165, 1.54) is 6.07 Å². The van der Waals surface area contributed by atoms with Gasteiger partial charge in [0.15, 0.2) is 12.4 Å². The normalized spacial score (nSPS) is 21.1. The number of carbonyl (C=O) groups excluding carboxylic acids is 4. The van der Waals surface area contributed by atoms with Gasteiger partial charge in [0.1, 0.15) is 0 Å². The lowest BCUT2D eigenvalue weighted by atomic mass is 9.81. The number of pyridine rings is 1. The van der Waals surface area contributed by atoms with E-state index in [0.717, 1.165) is 30.6 Å². The Bertz CT molecular complexity index is 836. The Balaban J connectivity index is 1.45. The van der Waals surface area contributed by atoms with E-state index in [9.17, 15) is 19.2 Å². The molecular formula is C19H21Cl2N3O5. The zero-order valence-electron chi connectivity index (χ0n) is 15.9. The number of likely N-dealkylation sites (tertiary alicyclic amines) is 1. The summed E-state index contributed by atoms with van der Waals surface area (Å²) in [5.41, 5.74) is 0.490. The molecule has 1 saturated carbocycles. The van der Waals surface area contributed by atoms with E-state index in [2.05, 4.69) is 10.3 Å². The number of halogens is 2. The number of rotatable bonds is 6. The number of hydrogen-bond acceptors (Lipinski definition) is 6. The first-order valence-corrected chi connectivity index (χ1v) is 10.2. The number of esters is 1. The molecule has 10 heteroatoms. The third kappa shape index (κ3) is 4.87. The van der Waals surface area contributed by atoms with Crippen LogP contribution in [-0.2, 0) is 23.9 Å². The number of aromatic nitrogens is 1. The van der Waals surface area contributed by atoms with Gasteiger partial charge in [-0.25, -0.2) is 4.98 Å². The second kappa shape index (κ2) is 9.09. The maximum absolute atomic E-state index is 12.4. The van der Waals surface area contributed by atoms with Gasteiger partial charge in [0, 0.05) is 6.54 Å². The first-order valence-electron chi connectivity index (χ1n) is 9.41. The highest BCUT2D eigenvalue weighted by atomic mass is 35.5. The highest BCUT2D eigenvalue weighted by Gasteiger charge is 2.47. The van der Waals surface area contributed by atoms with Crippen LogP contribution in [0.5, 0.6) is 0 Å². The van der Waals surface area contributed by atoms with Gasteiger partial charge in [-0.1, -0.05) is 36.0 Å². The summed E-state index contributed by atoms with van der Waals surface area (Å²) in [6.07, 6.45) is 3.16. The van der Waals surface area contributed by atoms with Crippen molar-refractivity contribution in [2.24, 2.45) is 11.8 Å². The fourth-order valence-electron chi connectivity index (χ4n) is 3.69. The first-order chi connectivity index (χ1) is 13.8. The van der Waals surface area contributed by atoms with E-state index >= 15 is 0 Å². The largest absolute Gasteiger partial charge is 0.456 e. The van der Waals surface area contributed by atoms with Crippen molar-refractivity contribution in [3.63, 3.8) is 0 Å². The Hall–Kier alpha value is -2.19. The molecule has 1 N–H and O–H groups in total. The number of nitrogens with zero attached hydrogens (tertiary/aromatic N) is 2. The second-order valence-electron chi connectivity index (χ2n) is 7.17. The van der Waals surface area contributed by atoms with E-state index in [1.807, 2.05) is 0 Å². The number of hydrogen-bond donors (Lipinski definition) is 1. The van der Waals surface area contributed by atoms with Crippen LogP contribution >= 0.6 is 23.2 Å². The standard InChI is InChI=1S/C19H21Cl2N3O5/c1-10-13(20)8-14(21)17(22-10)23-15(25)9-29-16(26)6-7-24-18(27)11-4-2-3-5-12(11)19(24)28/h8,11-12H,2-7,9H2,1H3,(H,22,23,25)/t11-,12-/m1/s1. The first kappa shape index (κ1) is 21.5. The fourth-order valence-corrected chi connectivity index (χ4v) is 4.09. The van der Waals surface area contributed by atoms with Crippen LogP contribution in [0.4, 0.5) is 5.82 Å². The maximum atomic E-state index is 12.4. The number of amides is 3. The summed E-state index contributed by atoms with van der Waals surface area (Å²) >= 11 is 11.9. The predicted molar refractivity (Wildman–Crippen MR) is 105 cm³/mol. The number of ether oxygens (including phenoxy) is 1. The summed E-state index contributed by atoms with van der Waals surface area (Å²) in [4.78, 5) is 53.9. The van der Waals surface area contributed by atoms with Gasteiger partial charge in [-0.3, -0.25) is 24.1 Å². The van der Waals surface area contributed by atoms with Crippen molar-refractivity contribution < 1.29 is 23.9 Å². The van der Waals surface area contributed by atoms with Crippen LogP contribution in [0.15, 0.2) is 6.07 Å². The molecule has 1 aromatic heterocycles. The van der Waals surface area contributed by atoms with Gasteiger partial charge in [0.2, 0.25) is 11.8 Å². The molecule has 1 saturated heterocycles. The quantitative estimate of drug-likeness (QED) is 0.537. The van der Waals surface area contributed by atoms with Crippen LogP contribution in [0.25, 0.3) is 0 Å². The lowest BCUT2D eigenvalue weighted by Crippen LogP contribution is -2.33. The van der Waals surface area contributed by atoms with Crippen LogP contribution in [0.3, 0.4) is 0 Å². The van der Waals surface area contributed by atoms with Crippen LogP contribution < -0.4 is 5.32 Å². The van der Waals surface area contributed by atoms with Gasteiger partial charge in [0.25, 0.3) is 5.91 Å². The SMILES string of the molecule is Cc1nc(NC(=O)COC(=O)CCN2C(=O)[C@@H]3CCCC[C@H]3C2=O)c(Cl)cc1Cl. The van der Waals surface area contributed by atoms with Crippen LogP contribution in [-0.4, -0.2) is 46.7 Å². The molecule has 2 atom stereocenters. The second-order valence-corrected chi connectivity index (χ2v) is 7.98. The topological polar surface area (TPSA) is 106 Å². The minimum Gasteiger partial charge on any atom is -0.456 e. The van der Waals surface area contributed by atoms with Crippen LogP contribution in [0, 0.1) is 18.8 Å². The van der Waals surface area contributed by atoms with Crippen LogP contribution in [0.1, 0.15) is 37.8 Å². The average molecular weight is 442 g/mol. The zero-order valence-corrected chi connectivity index (χ0v) is 17.4. The Labute approximate surface area is 177 Å². The molecule has 29 heavy (non-hydrogen) atoms. The summed E-state index contributed by atoms with van der Waals surface area (Å²) < 4.78 is 4.92. The molecule has 0 unspecified atom stereocenters. The molecule has 0 bridgehead atoms. The van der Waals surface area contributed by atoms with E-state index in [-0.39, 0.29) is 47.5 Å². The lowest BCUT2D eigenvalue weighted by molar-refractivity contribution is -0.148. The summed E-state index contributed by atoms with van der Waals surface area (Å²) in [5, 5.41) is 2.97. The van der Waals surface area contributed by atoms with E-state index in [1.54, 1.807) is 6.92 Å². The van der Waals surface area contributed by atoms with Crippen molar-refractivity contribution in [2.45, 2.75) is 39.0 Å². The molecule has 0 spiro atoms. The third-order valence-corrected chi connectivity index (χ3v) is 5.87. The summed E-state index contributed by atoms with van der Waals surface area (Å²) in [6.45, 7) is 1.09. The Morgan fingerprint density at radius 2 is 1.79 bits per heavy atom. The highest BCUT2D eigenvalue weighted by Crippen LogP contribution is 2.38. The van der Waals surface area contributed by atoms with Crippen LogP contribution in [0.2, 0.25) is 10.0 Å². The Morgan fingerprint density at radius 1 is 1.17 bits per heavy atom. The number of nitrogens with one attached hydrogen (secondary N) is 1. The van der Waals surface area contributed by atoms with Gasteiger partial charge < -0.3 is 10.1 Å². The van der Waals surface area contributed by atoms with Gasteiger partial charge in [-0.2, -0.15) is 0 Å². The Morgan fingerprint density at radius 3 is 2.41 bits per heavy atom. The van der Waals surface area contributed by atoms with Gasteiger partial charge >= 0.3 is 5.97 Å². The van der Waals surface area contributed by atoms with Crippen molar-refractivity contribution in [2.75, 3.05) is 18.5 Å².